The minimum absolute atomic E-state index is 0.0575. The average Bonchev–Trinajstić information content (AvgIpc) is 3.55. The third kappa shape index (κ3) is 9.28. The normalized spacial score (nSPS) is 21.3. The fourth-order valence-corrected chi connectivity index (χ4v) is 7.38. The highest BCUT2D eigenvalue weighted by Gasteiger charge is 2.30. The number of aliphatic hydroxyl groups excluding tert-OH is 1. The summed E-state index contributed by atoms with van der Waals surface area (Å²) < 4.78 is 41.4. The van der Waals surface area contributed by atoms with Crippen molar-refractivity contribution in [2.75, 3.05) is 38.1 Å². The number of nitrogens with zero attached hydrogens (tertiary/aromatic N) is 2. The topological polar surface area (TPSA) is 108 Å². The van der Waals surface area contributed by atoms with Gasteiger partial charge in [-0.25, -0.2) is 8.42 Å². The SMILES string of the molecule is C[C@H](CO)N1C[C@H](C)[C@@H](CN(C)Cc2ccccc2)OCCCC[C@H](C)Oc2ccc(NS(=O)(=O)c3cccs3)cc2C1=O. The lowest BCUT2D eigenvalue weighted by Gasteiger charge is -2.36. The number of ether oxygens (including phenoxy) is 2. The van der Waals surface area contributed by atoms with Crippen LogP contribution in [0.4, 0.5) is 5.69 Å². The van der Waals surface area contributed by atoms with Gasteiger partial charge in [-0.2, -0.15) is 0 Å². The van der Waals surface area contributed by atoms with E-state index in [-0.39, 0.29) is 46.1 Å². The van der Waals surface area contributed by atoms with Crippen LogP contribution in [-0.4, -0.2) is 80.8 Å². The fourth-order valence-electron chi connectivity index (χ4n) is 5.34. The van der Waals surface area contributed by atoms with Crippen molar-refractivity contribution in [2.45, 2.75) is 69.0 Å². The summed E-state index contributed by atoms with van der Waals surface area (Å²) in [6.45, 7) is 8.01. The van der Waals surface area contributed by atoms with Crippen LogP contribution in [0.5, 0.6) is 5.75 Å². The molecule has 1 aliphatic heterocycles. The molecule has 1 aromatic heterocycles. The van der Waals surface area contributed by atoms with E-state index >= 15 is 0 Å². The molecule has 0 fully saturated rings. The lowest BCUT2D eigenvalue weighted by atomic mass is 10.0. The Morgan fingerprint density at radius 2 is 1.89 bits per heavy atom. The molecule has 1 aliphatic rings. The van der Waals surface area contributed by atoms with Gasteiger partial charge in [0, 0.05) is 37.8 Å². The van der Waals surface area contributed by atoms with Crippen molar-refractivity contribution >= 4 is 33.0 Å². The predicted octanol–water partition coefficient (Wildman–Crippen LogP) is 5.48. The van der Waals surface area contributed by atoms with E-state index in [9.17, 15) is 18.3 Å². The lowest BCUT2D eigenvalue weighted by molar-refractivity contribution is -0.0177. The molecule has 0 saturated heterocycles. The number of likely N-dealkylation sites (N-methyl/N-ethyl adjacent to an activating group) is 1. The second-order valence-corrected chi connectivity index (χ2v) is 14.6. The van der Waals surface area contributed by atoms with Crippen LogP contribution in [0.1, 0.15) is 56.0 Å². The van der Waals surface area contributed by atoms with E-state index in [1.165, 1.54) is 17.7 Å². The summed E-state index contributed by atoms with van der Waals surface area (Å²) in [5.74, 6) is -0.0130. The van der Waals surface area contributed by atoms with Crippen LogP contribution in [-0.2, 0) is 21.3 Å². The Kier molecular flexibility index (Phi) is 12.2. The Morgan fingerprint density at radius 3 is 2.59 bits per heavy atom. The zero-order valence-electron chi connectivity index (χ0n) is 26.0. The summed E-state index contributed by atoms with van der Waals surface area (Å²) in [4.78, 5) is 18.2. The highest BCUT2D eigenvalue weighted by atomic mass is 32.2. The van der Waals surface area contributed by atoms with Crippen molar-refractivity contribution in [2.24, 2.45) is 5.92 Å². The Morgan fingerprint density at radius 1 is 1.11 bits per heavy atom. The highest BCUT2D eigenvalue weighted by Crippen LogP contribution is 2.30. The molecule has 2 aromatic carbocycles. The smallest absolute Gasteiger partial charge is 0.271 e. The van der Waals surface area contributed by atoms with Crippen LogP contribution >= 0.6 is 11.3 Å². The van der Waals surface area contributed by atoms with Crippen molar-refractivity contribution in [3.05, 3.63) is 77.2 Å². The first-order valence-corrected chi connectivity index (χ1v) is 17.6. The zero-order valence-corrected chi connectivity index (χ0v) is 27.6. The summed E-state index contributed by atoms with van der Waals surface area (Å²) in [5, 5.41) is 11.9. The van der Waals surface area contributed by atoms with Gasteiger partial charge in [-0.05, 0) is 75.4 Å². The zero-order chi connectivity index (χ0) is 31.7. The van der Waals surface area contributed by atoms with E-state index in [0.29, 0.717) is 25.4 Å². The molecule has 0 bridgehead atoms. The molecule has 4 atom stereocenters. The first kappa shape index (κ1) is 33.9. The number of anilines is 1. The van der Waals surface area contributed by atoms with Crippen LogP contribution in [0.15, 0.2) is 70.3 Å². The molecule has 0 saturated carbocycles. The number of sulfonamides is 1. The van der Waals surface area contributed by atoms with E-state index in [1.807, 2.05) is 25.1 Å². The third-order valence-corrected chi connectivity index (χ3v) is 10.6. The van der Waals surface area contributed by atoms with E-state index in [1.54, 1.807) is 35.4 Å². The predicted molar refractivity (Wildman–Crippen MR) is 175 cm³/mol. The summed E-state index contributed by atoms with van der Waals surface area (Å²) >= 11 is 1.12. The van der Waals surface area contributed by atoms with Crippen molar-refractivity contribution in [3.63, 3.8) is 0 Å². The first-order chi connectivity index (χ1) is 21.1. The molecule has 0 radical (unpaired) electrons. The standard InChI is InChI=1S/C33H45N3O6S2/c1-24-20-36(25(2)23-37)33(38)29-19-28(34-44(39,40)32-14-10-18-43-32)15-16-30(29)42-26(3)11-8-9-17-41-31(24)22-35(4)21-27-12-6-5-7-13-27/h5-7,10,12-16,18-19,24-26,31,34,37H,8-9,11,17,20-23H2,1-4H3/t24-,25+,26-,31+/m0/s1. The first-order valence-electron chi connectivity index (χ1n) is 15.2. The molecule has 0 unspecified atom stereocenters. The second kappa shape index (κ2) is 15.9. The van der Waals surface area contributed by atoms with Crippen LogP contribution < -0.4 is 9.46 Å². The third-order valence-electron chi connectivity index (χ3n) is 7.85. The van der Waals surface area contributed by atoms with Gasteiger partial charge in [0.25, 0.3) is 15.9 Å². The van der Waals surface area contributed by atoms with Gasteiger partial charge in [-0.15, -0.1) is 11.3 Å². The van der Waals surface area contributed by atoms with Gasteiger partial charge in [0.1, 0.15) is 9.96 Å². The highest BCUT2D eigenvalue weighted by molar-refractivity contribution is 7.94. The number of carbonyl (C=O) groups excluding carboxylic acids is 1. The minimum atomic E-state index is -3.82. The molecular formula is C33H45N3O6S2. The van der Waals surface area contributed by atoms with E-state index in [2.05, 4.69) is 35.7 Å². The molecule has 2 N–H and O–H groups in total. The molecular weight excluding hydrogens is 599 g/mol. The van der Waals surface area contributed by atoms with E-state index in [0.717, 1.165) is 37.1 Å². The molecule has 2 heterocycles. The lowest BCUT2D eigenvalue weighted by Crippen LogP contribution is -2.47. The molecule has 11 heteroatoms. The number of benzene rings is 2. The Hall–Kier alpha value is -2.96. The van der Waals surface area contributed by atoms with Crippen molar-refractivity contribution in [1.29, 1.82) is 0 Å². The number of rotatable bonds is 9. The van der Waals surface area contributed by atoms with Crippen molar-refractivity contribution in [3.8, 4) is 5.75 Å². The van der Waals surface area contributed by atoms with Crippen molar-refractivity contribution < 1.29 is 27.8 Å². The van der Waals surface area contributed by atoms with Gasteiger partial charge in [-0.3, -0.25) is 14.4 Å². The molecule has 1 amide bonds. The Bertz CT molecular complexity index is 1430. The number of hydrogen-bond acceptors (Lipinski definition) is 8. The van der Waals surface area contributed by atoms with Crippen LogP contribution in [0.2, 0.25) is 0 Å². The number of carbonyl (C=O) groups is 1. The van der Waals surface area contributed by atoms with Crippen LogP contribution in [0.25, 0.3) is 0 Å². The summed E-state index contributed by atoms with van der Waals surface area (Å²) in [6, 6.07) is 17.8. The van der Waals surface area contributed by atoms with Gasteiger partial charge in [0.2, 0.25) is 0 Å². The fraction of sp³-hybridized carbons (Fsp3) is 0.485. The monoisotopic (exact) mass is 643 g/mol. The number of fused-ring (bicyclic) bond motifs is 1. The minimum Gasteiger partial charge on any atom is -0.490 e. The summed E-state index contributed by atoms with van der Waals surface area (Å²) in [5.41, 5.74) is 1.72. The van der Waals surface area contributed by atoms with Crippen LogP contribution in [0.3, 0.4) is 0 Å². The molecule has 0 spiro atoms. The maximum atomic E-state index is 14.3. The maximum absolute atomic E-state index is 14.3. The molecule has 9 nitrogen and oxygen atoms in total. The van der Waals surface area contributed by atoms with Gasteiger partial charge in [-0.1, -0.05) is 43.3 Å². The average molecular weight is 644 g/mol. The number of nitrogens with one attached hydrogen (secondary N) is 1. The molecule has 240 valence electrons. The molecule has 44 heavy (non-hydrogen) atoms. The van der Waals surface area contributed by atoms with Crippen LogP contribution in [0, 0.1) is 5.92 Å². The van der Waals surface area contributed by atoms with E-state index < -0.39 is 16.1 Å². The Labute approximate surface area is 265 Å². The number of thiophene rings is 1. The van der Waals surface area contributed by atoms with Crippen molar-refractivity contribution in [1.82, 2.24) is 9.80 Å². The molecule has 4 rings (SSSR count). The van der Waals surface area contributed by atoms with Gasteiger partial charge in [0.15, 0.2) is 0 Å². The summed E-state index contributed by atoms with van der Waals surface area (Å²) in [6.07, 6.45) is 2.23. The number of hydrogen-bond donors (Lipinski definition) is 2. The number of amides is 1. The maximum Gasteiger partial charge on any atom is 0.271 e. The van der Waals surface area contributed by atoms with E-state index in [4.69, 9.17) is 9.47 Å². The summed E-state index contributed by atoms with van der Waals surface area (Å²) in [7, 11) is -1.75. The van der Waals surface area contributed by atoms with Gasteiger partial charge >= 0.3 is 0 Å². The van der Waals surface area contributed by atoms with Gasteiger partial charge in [0.05, 0.1) is 30.4 Å². The second-order valence-electron chi connectivity index (χ2n) is 11.7. The Balaban J connectivity index is 1.63. The largest absolute Gasteiger partial charge is 0.490 e. The molecule has 0 aliphatic carbocycles. The molecule has 3 aromatic rings. The van der Waals surface area contributed by atoms with Gasteiger partial charge < -0.3 is 19.5 Å². The quantitative estimate of drug-likeness (QED) is 0.318. The number of aliphatic hydroxyl groups is 1.